The lowest BCUT2D eigenvalue weighted by Gasteiger charge is -1.92. The van der Waals surface area contributed by atoms with Crippen LogP contribution in [-0.4, -0.2) is 47.2 Å². The molecule has 13 heavy (non-hydrogen) atoms. The van der Waals surface area contributed by atoms with E-state index in [4.69, 9.17) is 0 Å². The van der Waals surface area contributed by atoms with E-state index in [1.54, 1.807) is 0 Å². The lowest BCUT2D eigenvalue weighted by molar-refractivity contribution is -0.144. The fourth-order valence-electron chi connectivity index (χ4n) is 0.260. The van der Waals surface area contributed by atoms with Crippen LogP contribution < -0.4 is 0 Å². The van der Waals surface area contributed by atoms with Crippen LogP contribution in [0.2, 0.25) is 0 Å². The van der Waals surface area contributed by atoms with Crippen LogP contribution >= 0.6 is 0 Å². The zero-order valence-electron chi connectivity index (χ0n) is 8.16. The maximum atomic E-state index is 10.1. The number of methoxy groups -OCH3 is 4. The van der Waals surface area contributed by atoms with Gasteiger partial charge >= 0.3 is 12.1 Å². The summed E-state index contributed by atoms with van der Waals surface area (Å²) in [6.45, 7) is 0.0382. The highest BCUT2D eigenvalue weighted by Crippen LogP contribution is 1.72. The minimum absolute atomic E-state index is 0.0382. The van der Waals surface area contributed by atoms with Crippen molar-refractivity contribution in [2.45, 2.75) is 0 Å². The van der Waals surface area contributed by atoms with E-state index in [-0.39, 0.29) is 12.6 Å². The van der Waals surface area contributed by atoms with Gasteiger partial charge in [-0.15, -0.1) is 0 Å². The zero-order chi connectivity index (χ0) is 10.7. The van der Waals surface area contributed by atoms with Gasteiger partial charge < -0.3 is 18.9 Å². The number of rotatable bonds is 2. The minimum atomic E-state index is -0.657. The summed E-state index contributed by atoms with van der Waals surface area (Å²) in [7, 11) is 5.27. The molecule has 0 saturated carbocycles. The van der Waals surface area contributed by atoms with Crippen molar-refractivity contribution in [1.82, 2.24) is 0 Å². The molecule has 0 bridgehead atoms. The molecule has 6 nitrogen and oxygen atoms in total. The second kappa shape index (κ2) is 10.7. The van der Waals surface area contributed by atoms with Crippen molar-refractivity contribution < 1.29 is 28.5 Å². The summed E-state index contributed by atoms with van der Waals surface area (Å²) in [5.74, 6) is -0.345. The van der Waals surface area contributed by atoms with E-state index in [0.717, 1.165) is 0 Å². The van der Waals surface area contributed by atoms with Gasteiger partial charge in [0.2, 0.25) is 0 Å². The second-order valence-electron chi connectivity index (χ2n) is 1.67. The summed E-state index contributed by atoms with van der Waals surface area (Å²) in [6, 6.07) is 0. The van der Waals surface area contributed by atoms with Crippen molar-refractivity contribution in [2.24, 2.45) is 0 Å². The first kappa shape index (κ1) is 14.2. The molecule has 0 spiro atoms. The smallest absolute Gasteiger partial charge is 0.467 e. The van der Waals surface area contributed by atoms with Gasteiger partial charge in [0.1, 0.15) is 6.61 Å². The molecule has 0 atom stereocenters. The summed E-state index contributed by atoms with van der Waals surface area (Å²) in [6.07, 6.45) is -0.657. The van der Waals surface area contributed by atoms with Gasteiger partial charge in [0.15, 0.2) is 0 Å². The van der Waals surface area contributed by atoms with Crippen molar-refractivity contribution in [1.29, 1.82) is 0 Å². The Kier molecular flexibility index (Phi) is 11.7. The Morgan fingerprint density at radius 1 is 0.923 bits per heavy atom. The SMILES string of the molecule is COC(=O)OC.COCC(=O)OC. The molecule has 0 aromatic rings. The molecule has 0 aliphatic heterocycles. The van der Waals surface area contributed by atoms with E-state index in [2.05, 4.69) is 18.9 Å². The molecule has 0 aromatic heterocycles. The van der Waals surface area contributed by atoms with E-state index >= 15 is 0 Å². The molecule has 0 N–H and O–H groups in total. The number of ether oxygens (including phenoxy) is 4. The summed E-state index contributed by atoms with van der Waals surface area (Å²) in [4.78, 5) is 19.8. The summed E-state index contributed by atoms with van der Waals surface area (Å²) < 4.78 is 16.7. The van der Waals surface area contributed by atoms with E-state index in [1.165, 1.54) is 28.4 Å². The Balaban J connectivity index is 0. The van der Waals surface area contributed by atoms with E-state index in [1.807, 2.05) is 0 Å². The zero-order valence-corrected chi connectivity index (χ0v) is 8.16. The first-order valence-corrected chi connectivity index (χ1v) is 3.30. The molecule has 0 rings (SSSR count). The monoisotopic (exact) mass is 194 g/mol. The van der Waals surface area contributed by atoms with E-state index < -0.39 is 6.16 Å². The number of hydrogen-bond acceptors (Lipinski definition) is 6. The van der Waals surface area contributed by atoms with Crippen LogP contribution in [-0.2, 0) is 23.7 Å². The third-order valence-corrected chi connectivity index (χ3v) is 0.823. The third kappa shape index (κ3) is 13.7. The van der Waals surface area contributed by atoms with Gasteiger partial charge in [-0.1, -0.05) is 0 Å². The van der Waals surface area contributed by atoms with Gasteiger partial charge in [0, 0.05) is 7.11 Å². The summed E-state index contributed by atoms with van der Waals surface area (Å²) >= 11 is 0. The number of esters is 1. The average Bonchev–Trinajstić information content (AvgIpc) is 2.18. The molecule has 0 aromatic carbocycles. The minimum Gasteiger partial charge on any atom is -0.467 e. The molecule has 0 heterocycles. The first-order valence-electron chi connectivity index (χ1n) is 3.30. The highest BCUT2D eigenvalue weighted by molar-refractivity contribution is 5.70. The largest absolute Gasteiger partial charge is 0.507 e. The van der Waals surface area contributed by atoms with Crippen molar-refractivity contribution in [3.05, 3.63) is 0 Å². The second-order valence-corrected chi connectivity index (χ2v) is 1.67. The predicted octanol–water partition coefficient (Wildman–Crippen LogP) is 0.205. The van der Waals surface area contributed by atoms with E-state index in [9.17, 15) is 9.59 Å². The average molecular weight is 194 g/mol. The molecular weight excluding hydrogens is 180 g/mol. The standard InChI is InChI=1S/C4H8O3.C3H6O3/c1-6-3-4(5)7-2;1-5-3(4)6-2/h3H2,1-2H3;1-2H3. The molecule has 0 fully saturated rings. The Bertz CT molecular complexity index is 138. The molecule has 0 aliphatic rings. The number of carbonyl (C=O) groups excluding carboxylic acids is 2. The van der Waals surface area contributed by atoms with Crippen LogP contribution in [0.1, 0.15) is 0 Å². The Hall–Kier alpha value is -1.30. The van der Waals surface area contributed by atoms with Crippen LogP contribution in [0.4, 0.5) is 4.79 Å². The normalized spacial score (nSPS) is 7.69. The fourth-order valence-corrected chi connectivity index (χ4v) is 0.260. The van der Waals surface area contributed by atoms with Crippen LogP contribution in [0, 0.1) is 0 Å². The topological polar surface area (TPSA) is 71.1 Å². The molecule has 0 amide bonds. The van der Waals surface area contributed by atoms with Crippen LogP contribution in [0.5, 0.6) is 0 Å². The van der Waals surface area contributed by atoms with Crippen LogP contribution in [0.3, 0.4) is 0 Å². The van der Waals surface area contributed by atoms with Crippen molar-refractivity contribution in [3.8, 4) is 0 Å². The third-order valence-electron chi connectivity index (χ3n) is 0.823. The van der Waals surface area contributed by atoms with Crippen molar-refractivity contribution >= 4 is 12.1 Å². The first-order chi connectivity index (χ1) is 6.12. The van der Waals surface area contributed by atoms with Crippen LogP contribution in [0.15, 0.2) is 0 Å². The lowest BCUT2D eigenvalue weighted by atomic mass is 10.7. The van der Waals surface area contributed by atoms with Gasteiger partial charge in [-0.25, -0.2) is 9.59 Å². The van der Waals surface area contributed by atoms with Gasteiger partial charge in [-0.2, -0.15) is 0 Å². The van der Waals surface area contributed by atoms with E-state index in [0.29, 0.717) is 0 Å². The Morgan fingerprint density at radius 3 is 1.46 bits per heavy atom. The number of hydrogen-bond donors (Lipinski definition) is 0. The number of carbonyl (C=O) groups is 2. The maximum Gasteiger partial charge on any atom is 0.507 e. The van der Waals surface area contributed by atoms with Gasteiger partial charge in [0.05, 0.1) is 21.3 Å². The quantitative estimate of drug-likeness (QED) is 0.585. The molecule has 0 saturated heterocycles. The molecule has 6 heteroatoms. The highest BCUT2D eigenvalue weighted by atomic mass is 16.7. The summed E-state index contributed by atoms with van der Waals surface area (Å²) in [5.41, 5.74) is 0. The fraction of sp³-hybridized carbons (Fsp3) is 0.714. The predicted molar refractivity (Wildman–Crippen MR) is 43.3 cm³/mol. The van der Waals surface area contributed by atoms with Crippen molar-refractivity contribution in [2.75, 3.05) is 35.0 Å². The Labute approximate surface area is 76.7 Å². The Morgan fingerprint density at radius 2 is 1.38 bits per heavy atom. The summed E-state index contributed by atoms with van der Waals surface area (Å²) in [5, 5.41) is 0. The molecule has 78 valence electrons. The van der Waals surface area contributed by atoms with Gasteiger partial charge in [-0.05, 0) is 0 Å². The molecule has 0 aliphatic carbocycles. The van der Waals surface area contributed by atoms with Crippen molar-refractivity contribution in [3.63, 3.8) is 0 Å². The van der Waals surface area contributed by atoms with Gasteiger partial charge in [0.25, 0.3) is 0 Å². The molecular formula is C7H14O6. The maximum absolute atomic E-state index is 10.1. The molecule has 0 unspecified atom stereocenters. The van der Waals surface area contributed by atoms with Crippen LogP contribution in [0.25, 0.3) is 0 Å². The molecule has 0 radical (unpaired) electrons. The van der Waals surface area contributed by atoms with Gasteiger partial charge in [-0.3, -0.25) is 0 Å². The highest BCUT2D eigenvalue weighted by Gasteiger charge is 1.93. The lowest BCUT2D eigenvalue weighted by Crippen LogP contribution is -2.07.